The predicted octanol–water partition coefficient (Wildman–Crippen LogP) is 1.28. The van der Waals surface area contributed by atoms with Crippen LogP contribution < -0.4 is 15.8 Å². The Bertz CT molecular complexity index is 477. The number of carbonyl (C=O) groups excluding carboxylic acids is 1. The molecule has 1 amide bonds. The van der Waals surface area contributed by atoms with Crippen LogP contribution >= 0.6 is 11.8 Å². The van der Waals surface area contributed by atoms with E-state index in [1.54, 1.807) is 36.0 Å². The van der Waals surface area contributed by atoms with Gasteiger partial charge in [-0.3, -0.25) is 4.79 Å². The van der Waals surface area contributed by atoms with Gasteiger partial charge in [0.25, 0.3) is 5.91 Å². The Labute approximate surface area is 128 Å². The molecule has 0 aliphatic rings. The van der Waals surface area contributed by atoms with Gasteiger partial charge in [-0.1, -0.05) is 12.1 Å². The lowest BCUT2D eigenvalue weighted by Crippen LogP contribution is -2.33. The zero-order valence-corrected chi connectivity index (χ0v) is 13.0. The van der Waals surface area contributed by atoms with Gasteiger partial charge in [0.2, 0.25) is 0 Å². The van der Waals surface area contributed by atoms with Gasteiger partial charge in [0.1, 0.15) is 5.75 Å². The molecule has 1 aromatic rings. The average Bonchev–Trinajstić information content (AvgIpc) is 2.51. The number of nitrogens with one attached hydrogen (secondary N) is 1. The summed E-state index contributed by atoms with van der Waals surface area (Å²) in [5, 5.41) is 14.3. The third kappa shape index (κ3) is 6.40. The molecule has 0 radical (unpaired) electrons. The van der Waals surface area contributed by atoms with Crippen LogP contribution in [0.5, 0.6) is 5.75 Å². The number of oxime groups is 1. The lowest BCUT2D eigenvalue weighted by atomic mass is 10.2. The summed E-state index contributed by atoms with van der Waals surface area (Å²) in [7, 11) is 0. The van der Waals surface area contributed by atoms with Crippen molar-refractivity contribution in [3.63, 3.8) is 0 Å². The van der Waals surface area contributed by atoms with Gasteiger partial charge in [-0.15, -0.1) is 0 Å². The summed E-state index contributed by atoms with van der Waals surface area (Å²) < 4.78 is 5.37. The molecule has 4 N–H and O–H groups in total. The van der Waals surface area contributed by atoms with Crippen molar-refractivity contribution >= 4 is 23.5 Å². The van der Waals surface area contributed by atoms with Crippen LogP contribution in [-0.4, -0.2) is 42.1 Å². The number of amidine groups is 1. The molecule has 1 unspecified atom stereocenters. The van der Waals surface area contributed by atoms with Crippen LogP contribution in [0.15, 0.2) is 29.4 Å². The van der Waals surface area contributed by atoms with Gasteiger partial charge in [0, 0.05) is 12.1 Å². The molecule has 0 aromatic heterocycles. The maximum atomic E-state index is 11.6. The summed E-state index contributed by atoms with van der Waals surface area (Å²) in [6.45, 7) is 2.70. The van der Waals surface area contributed by atoms with E-state index in [9.17, 15) is 4.79 Å². The number of rotatable bonds is 8. The van der Waals surface area contributed by atoms with E-state index in [1.807, 2.05) is 6.26 Å². The maximum Gasteiger partial charge on any atom is 0.257 e. The highest BCUT2D eigenvalue weighted by Gasteiger charge is 2.06. The first kappa shape index (κ1) is 17.2. The standard InChI is InChI=1S/C14H21N3O3S/c1-10(9-21-2)7-16-13(18)8-20-12-5-3-11(4-6-12)14(15)17-19/h3-6,10,19H,7-9H2,1-2H3,(H2,15,17)(H,16,18). The molecule has 7 heteroatoms. The molecule has 0 aliphatic heterocycles. The summed E-state index contributed by atoms with van der Waals surface area (Å²) in [5.74, 6) is 1.88. The van der Waals surface area contributed by atoms with E-state index in [0.717, 1.165) is 5.75 Å². The maximum absolute atomic E-state index is 11.6. The summed E-state index contributed by atoms with van der Waals surface area (Å²) >= 11 is 1.76. The number of benzene rings is 1. The topological polar surface area (TPSA) is 96.9 Å². The van der Waals surface area contributed by atoms with E-state index in [2.05, 4.69) is 17.4 Å². The molecular weight excluding hydrogens is 290 g/mol. The normalized spacial score (nSPS) is 12.8. The first-order valence-corrected chi connectivity index (χ1v) is 7.92. The van der Waals surface area contributed by atoms with Crippen molar-refractivity contribution in [1.82, 2.24) is 5.32 Å². The minimum absolute atomic E-state index is 0.0297. The van der Waals surface area contributed by atoms with Crippen molar-refractivity contribution in [1.29, 1.82) is 0 Å². The van der Waals surface area contributed by atoms with Crippen molar-refractivity contribution in [3.8, 4) is 5.75 Å². The predicted molar refractivity (Wildman–Crippen MR) is 85.0 cm³/mol. The number of nitrogens with two attached hydrogens (primary N) is 1. The monoisotopic (exact) mass is 311 g/mol. The van der Waals surface area contributed by atoms with E-state index in [4.69, 9.17) is 15.7 Å². The van der Waals surface area contributed by atoms with Crippen LogP contribution in [0.25, 0.3) is 0 Å². The molecule has 0 fully saturated rings. The van der Waals surface area contributed by atoms with Gasteiger partial charge in [-0.05, 0) is 42.2 Å². The number of ether oxygens (including phenoxy) is 1. The van der Waals surface area contributed by atoms with E-state index < -0.39 is 0 Å². The Morgan fingerprint density at radius 3 is 2.71 bits per heavy atom. The fourth-order valence-corrected chi connectivity index (χ4v) is 2.30. The Balaban J connectivity index is 2.36. The van der Waals surface area contributed by atoms with E-state index in [0.29, 0.717) is 23.8 Å². The van der Waals surface area contributed by atoms with Crippen LogP contribution in [-0.2, 0) is 4.79 Å². The van der Waals surface area contributed by atoms with E-state index >= 15 is 0 Å². The molecule has 0 aliphatic carbocycles. The number of hydrogen-bond acceptors (Lipinski definition) is 5. The molecule has 21 heavy (non-hydrogen) atoms. The second kappa shape index (κ2) is 9.12. The van der Waals surface area contributed by atoms with Crippen LogP contribution in [0.2, 0.25) is 0 Å². The number of amides is 1. The lowest BCUT2D eigenvalue weighted by Gasteiger charge is -2.12. The molecule has 1 rings (SSSR count). The molecule has 0 bridgehead atoms. The van der Waals surface area contributed by atoms with Crippen molar-refractivity contribution < 1.29 is 14.7 Å². The zero-order valence-electron chi connectivity index (χ0n) is 12.2. The van der Waals surface area contributed by atoms with Crippen molar-refractivity contribution in [2.45, 2.75) is 6.92 Å². The molecule has 0 heterocycles. The second-order valence-corrected chi connectivity index (χ2v) is 5.57. The summed E-state index contributed by atoms with van der Waals surface area (Å²) in [6.07, 6.45) is 2.04. The fourth-order valence-electron chi connectivity index (χ4n) is 1.61. The third-order valence-electron chi connectivity index (χ3n) is 2.73. The summed E-state index contributed by atoms with van der Waals surface area (Å²) in [6, 6.07) is 6.64. The van der Waals surface area contributed by atoms with Crippen molar-refractivity contribution in [2.24, 2.45) is 16.8 Å². The Morgan fingerprint density at radius 2 is 2.14 bits per heavy atom. The quantitative estimate of drug-likeness (QED) is 0.291. The summed E-state index contributed by atoms with van der Waals surface area (Å²) in [4.78, 5) is 11.6. The van der Waals surface area contributed by atoms with Gasteiger partial charge in [0.15, 0.2) is 12.4 Å². The Morgan fingerprint density at radius 1 is 1.48 bits per heavy atom. The molecule has 1 atom stereocenters. The van der Waals surface area contributed by atoms with Crippen LogP contribution in [0.1, 0.15) is 12.5 Å². The van der Waals surface area contributed by atoms with Gasteiger partial charge in [-0.25, -0.2) is 0 Å². The van der Waals surface area contributed by atoms with Gasteiger partial charge >= 0.3 is 0 Å². The van der Waals surface area contributed by atoms with Crippen LogP contribution in [0.4, 0.5) is 0 Å². The number of carbonyl (C=O) groups is 1. The molecule has 1 aromatic carbocycles. The molecule has 0 saturated heterocycles. The molecule has 0 spiro atoms. The van der Waals surface area contributed by atoms with Gasteiger partial charge in [-0.2, -0.15) is 11.8 Å². The largest absolute Gasteiger partial charge is 0.484 e. The minimum Gasteiger partial charge on any atom is -0.484 e. The first-order valence-electron chi connectivity index (χ1n) is 6.53. The number of hydrogen-bond donors (Lipinski definition) is 3. The SMILES string of the molecule is CSCC(C)CNC(=O)COc1ccc(C(N)=NO)cc1. The Hall–Kier alpha value is -1.89. The van der Waals surface area contributed by atoms with E-state index in [-0.39, 0.29) is 18.3 Å². The minimum atomic E-state index is -0.150. The average molecular weight is 311 g/mol. The highest BCUT2D eigenvalue weighted by Crippen LogP contribution is 2.11. The van der Waals surface area contributed by atoms with Crippen molar-refractivity contribution in [2.75, 3.05) is 25.2 Å². The number of thioether (sulfide) groups is 1. The Kier molecular flexibility index (Phi) is 7.45. The van der Waals surface area contributed by atoms with Gasteiger partial charge < -0.3 is 21.0 Å². The smallest absolute Gasteiger partial charge is 0.257 e. The zero-order chi connectivity index (χ0) is 15.7. The molecule has 6 nitrogen and oxygen atoms in total. The lowest BCUT2D eigenvalue weighted by molar-refractivity contribution is -0.123. The molecule has 0 saturated carbocycles. The third-order valence-corrected chi connectivity index (χ3v) is 3.63. The highest BCUT2D eigenvalue weighted by molar-refractivity contribution is 7.98. The fraction of sp³-hybridized carbons (Fsp3) is 0.429. The number of nitrogens with zero attached hydrogens (tertiary/aromatic N) is 1. The van der Waals surface area contributed by atoms with Gasteiger partial charge in [0.05, 0.1) is 0 Å². The van der Waals surface area contributed by atoms with Crippen LogP contribution in [0.3, 0.4) is 0 Å². The van der Waals surface area contributed by atoms with E-state index in [1.165, 1.54) is 0 Å². The second-order valence-electron chi connectivity index (χ2n) is 4.66. The molecular formula is C14H21N3O3S. The molecule has 116 valence electrons. The summed E-state index contributed by atoms with van der Waals surface area (Å²) in [5.41, 5.74) is 6.04. The van der Waals surface area contributed by atoms with Crippen molar-refractivity contribution in [3.05, 3.63) is 29.8 Å². The first-order chi connectivity index (χ1) is 10.1. The highest BCUT2D eigenvalue weighted by atomic mass is 32.2. The van der Waals surface area contributed by atoms with Crippen LogP contribution in [0, 0.1) is 5.92 Å².